The lowest BCUT2D eigenvalue weighted by Crippen LogP contribution is -2.40. The number of esters is 1. The van der Waals surface area contributed by atoms with E-state index in [1.807, 2.05) is 30.3 Å². The van der Waals surface area contributed by atoms with Crippen LogP contribution in [0.1, 0.15) is 64.9 Å². The Hall–Kier alpha value is -1.35. The van der Waals surface area contributed by atoms with Crippen LogP contribution in [0.5, 0.6) is 0 Å². The highest BCUT2D eigenvalue weighted by Crippen LogP contribution is 2.34. The minimum absolute atomic E-state index is 0.154. The van der Waals surface area contributed by atoms with Crippen LogP contribution >= 0.6 is 0 Å². The number of carbonyl (C=O) groups excluding carboxylic acids is 1. The van der Waals surface area contributed by atoms with Crippen molar-refractivity contribution in [2.45, 2.75) is 84.0 Å². The third-order valence-electron chi connectivity index (χ3n) is 5.13. The molecule has 0 N–H and O–H groups in total. The van der Waals surface area contributed by atoms with Crippen molar-refractivity contribution in [1.82, 2.24) is 0 Å². The molecule has 0 aromatic heterocycles. The maximum Gasteiger partial charge on any atom is 0.329 e. The Morgan fingerprint density at radius 1 is 0.920 bits per heavy atom. The summed E-state index contributed by atoms with van der Waals surface area (Å²) in [6.07, 6.45) is 7.14. The molecule has 0 heterocycles. The standard InChI is InChI=1S/C22H36O2Si/c1-5-8-16-25(17-9-6-2,18-10-7-3)20(4)22(23)24-19-21-14-12-11-13-15-21/h11-15H,4-10,16-19H2,1-3H3. The highest BCUT2D eigenvalue weighted by molar-refractivity contribution is 6.90. The maximum atomic E-state index is 12.8. The smallest absolute Gasteiger partial charge is 0.329 e. The molecule has 0 bridgehead atoms. The Morgan fingerprint density at radius 3 is 1.84 bits per heavy atom. The Labute approximate surface area is 155 Å². The van der Waals surface area contributed by atoms with Crippen LogP contribution in [-0.2, 0) is 16.1 Å². The van der Waals surface area contributed by atoms with Gasteiger partial charge in [-0.2, -0.15) is 0 Å². The van der Waals surface area contributed by atoms with E-state index >= 15 is 0 Å². The van der Waals surface area contributed by atoms with Crippen LogP contribution in [0.2, 0.25) is 18.1 Å². The van der Waals surface area contributed by atoms with Gasteiger partial charge in [0.2, 0.25) is 0 Å². The van der Waals surface area contributed by atoms with Gasteiger partial charge >= 0.3 is 5.97 Å². The van der Waals surface area contributed by atoms with Gasteiger partial charge in [-0.15, -0.1) is 0 Å². The molecule has 0 aliphatic heterocycles. The van der Waals surface area contributed by atoms with Gasteiger partial charge in [-0.1, -0.05) is 114 Å². The first-order valence-corrected chi connectivity index (χ1v) is 12.6. The lowest BCUT2D eigenvalue weighted by atomic mass is 10.2. The predicted molar refractivity (Wildman–Crippen MR) is 110 cm³/mol. The van der Waals surface area contributed by atoms with Crippen LogP contribution in [0, 0.1) is 0 Å². The van der Waals surface area contributed by atoms with E-state index in [2.05, 4.69) is 27.4 Å². The summed E-state index contributed by atoms with van der Waals surface area (Å²) in [6.45, 7) is 11.3. The molecule has 1 aromatic rings. The average Bonchev–Trinajstić information content (AvgIpc) is 2.66. The first kappa shape index (κ1) is 21.7. The van der Waals surface area contributed by atoms with Gasteiger partial charge in [-0.05, 0) is 5.56 Å². The summed E-state index contributed by atoms with van der Waals surface area (Å²) in [4.78, 5) is 12.8. The van der Waals surface area contributed by atoms with Crippen molar-refractivity contribution in [3.8, 4) is 0 Å². The molecule has 0 saturated carbocycles. The first-order valence-electron chi connectivity index (χ1n) is 10.00. The van der Waals surface area contributed by atoms with E-state index in [1.165, 1.54) is 56.7 Å². The van der Waals surface area contributed by atoms with E-state index in [4.69, 9.17) is 4.74 Å². The molecule has 0 atom stereocenters. The van der Waals surface area contributed by atoms with Crippen molar-refractivity contribution in [3.05, 3.63) is 47.7 Å². The predicted octanol–water partition coefficient (Wildman–Crippen LogP) is 6.67. The molecule has 2 nitrogen and oxygen atoms in total. The van der Waals surface area contributed by atoms with Gasteiger partial charge in [-0.25, -0.2) is 4.79 Å². The van der Waals surface area contributed by atoms with Gasteiger partial charge < -0.3 is 4.74 Å². The monoisotopic (exact) mass is 360 g/mol. The average molecular weight is 361 g/mol. The zero-order valence-electron chi connectivity index (χ0n) is 16.5. The molecule has 0 aliphatic carbocycles. The number of ether oxygens (including phenoxy) is 1. The van der Waals surface area contributed by atoms with Gasteiger partial charge in [0.05, 0.1) is 8.07 Å². The molecule has 0 spiro atoms. The van der Waals surface area contributed by atoms with Gasteiger partial charge in [-0.3, -0.25) is 0 Å². The second-order valence-corrected chi connectivity index (χ2v) is 11.8. The Balaban J connectivity index is 2.84. The summed E-state index contributed by atoms with van der Waals surface area (Å²) in [5, 5.41) is 0.832. The number of benzene rings is 1. The largest absolute Gasteiger partial charge is 0.458 e. The fourth-order valence-corrected chi connectivity index (χ4v) is 8.65. The molecule has 1 rings (SSSR count). The quantitative estimate of drug-likeness (QED) is 0.223. The fraction of sp³-hybridized carbons (Fsp3) is 0.591. The van der Waals surface area contributed by atoms with Crippen LogP contribution in [0.15, 0.2) is 42.1 Å². The normalized spacial score (nSPS) is 11.3. The van der Waals surface area contributed by atoms with E-state index in [-0.39, 0.29) is 5.97 Å². The van der Waals surface area contributed by atoms with E-state index in [1.54, 1.807) is 0 Å². The lowest BCUT2D eigenvalue weighted by Gasteiger charge is -2.33. The van der Waals surface area contributed by atoms with E-state index < -0.39 is 8.07 Å². The van der Waals surface area contributed by atoms with Crippen LogP contribution in [-0.4, -0.2) is 14.0 Å². The molecule has 140 valence electrons. The number of hydrogen-bond donors (Lipinski definition) is 0. The SMILES string of the molecule is C=C(C(=O)OCc1ccccc1)[Si](CCCC)(CCCC)CCCC. The molecule has 0 saturated heterocycles. The van der Waals surface area contributed by atoms with Crippen molar-refractivity contribution in [2.24, 2.45) is 0 Å². The Morgan fingerprint density at radius 2 is 1.40 bits per heavy atom. The van der Waals surface area contributed by atoms with Crippen molar-refractivity contribution >= 4 is 14.0 Å². The second-order valence-electron chi connectivity index (χ2n) is 7.13. The van der Waals surface area contributed by atoms with Gasteiger partial charge in [0.15, 0.2) is 0 Å². The molecular formula is C22H36O2Si. The van der Waals surface area contributed by atoms with Gasteiger partial charge in [0.25, 0.3) is 0 Å². The molecule has 25 heavy (non-hydrogen) atoms. The minimum atomic E-state index is -1.83. The number of hydrogen-bond acceptors (Lipinski definition) is 2. The van der Waals surface area contributed by atoms with Crippen LogP contribution in [0.4, 0.5) is 0 Å². The van der Waals surface area contributed by atoms with Crippen LogP contribution in [0.3, 0.4) is 0 Å². The third kappa shape index (κ3) is 7.19. The van der Waals surface area contributed by atoms with Gasteiger partial charge in [0, 0.05) is 5.20 Å². The molecule has 1 aromatic carbocycles. The van der Waals surface area contributed by atoms with Crippen LogP contribution in [0.25, 0.3) is 0 Å². The number of carbonyl (C=O) groups is 1. The summed E-state index contributed by atoms with van der Waals surface area (Å²) in [6, 6.07) is 13.5. The number of unbranched alkanes of at least 4 members (excludes halogenated alkanes) is 3. The van der Waals surface area contributed by atoms with Crippen LogP contribution < -0.4 is 0 Å². The molecule has 0 unspecified atom stereocenters. The lowest BCUT2D eigenvalue weighted by molar-refractivity contribution is -0.139. The van der Waals surface area contributed by atoms with Gasteiger partial charge in [0.1, 0.15) is 6.61 Å². The topological polar surface area (TPSA) is 26.3 Å². The zero-order chi connectivity index (χ0) is 18.5. The molecule has 3 heteroatoms. The minimum Gasteiger partial charge on any atom is -0.458 e. The highest BCUT2D eigenvalue weighted by atomic mass is 28.3. The summed E-state index contributed by atoms with van der Waals surface area (Å²) >= 11 is 0. The third-order valence-corrected chi connectivity index (χ3v) is 10.5. The van der Waals surface area contributed by atoms with Crippen molar-refractivity contribution < 1.29 is 9.53 Å². The second kappa shape index (κ2) is 12.1. The molecular weight excluding hydrogens is 324 g/mol. The highest BCUT2D eigenvalue weighted by Gasteiger charge is 2.38. The summed E-state index contributed by atoms with van der Waals surface area (Å²) in [5.74, 6) is -0.154. The molecule has 0 amide bonds. The molecule has 0 fully saturated rings. The van der Waals surface area contributed by atoms with E-state index in [0.29, 0.717) is 6.61 Å². The Kier molecular flexibility index (Phi) is 10.5. The zero-order valence-corrected chi connectivity index (χ0v) is 17.5. The van der Waals surface area contributed by atoms with Crippen molar-refractivity contribution in [1.29, 1.82) is 0 Å². The van der Waals surface area contributed by atoms with Crippen molar-refractivity contribution in [2.75, 3.05) is 0 Å². The summed E-state index contributed by atoms with van der Waals surface area (Å²) < 4.78 is 5.63. The van der Waals surface area contributed by atoms with Crippen molar-refractivity contribution in [3.63, 3.8) is 0 Å². The summed E-state index contributed by atoms with van der Waals surface area (Å²) in [7, 11) is -1.83. The first-order chi connectivity index (χ1) is 12.1. The van der Waals surface area contributed by atoms with E-state index in [9.17, 15) is 4.79 Å². The molecule has 0 radical (unpaired) electrons. The fourth-order valence-electron chi connectivity index (χ4n) is 3.40. The Bertz CT molecular complexity index is 488. The maximum absolute atomic E-state index is 12.8. The molecule has 0 aliphatic rings. The van der Waals surface area contributed by atoms with E-state index in [0.717, 1.165) is 10.8 Å². The summed E-state index contributed by atoms with van der Waals surface area (Å²) in [5.41, 5.74) is 1.03. The number of rotatable bonds is 13.